The van der Waals surface area contributed by atoms with Crippen LogP contribution in [0.25, 0.3) is 0 Å². The SMILES string of the molecule is Cc1ccc2c(c1)N(c1ccc(C(C)(c3ncc[nH]3)C(c3ccccc3)(c3ccccc3)c3ccccc3)cc1)C(=O)N(C1CCOCC1)N=C2C1CCCCC1. The number of carbonyl (C=O) groups excluding carboxylic acids is 1. The van der Waals surface area contributed by atoms with Gasteiger partial charge in [0.1, 0.15) is 5.82 Å². The minimum Gasteiger partial charge on any atom is -0.381 e. The summed E-state index contributed by atoms with van der Waals surface area (Å²) in [6.07, 6.45) is 11.1. The molecule has 1 saturated heterocycles. The summed E-state index contributed by atoms with van der Waals surface area (Å²) < 4.78 is 5.78. The first-order chi connectivity index (χ1) is 28.0. The van der Waals surface area contributed by atoms with E-state index in [9.17, 15) is 0 Å². The number of benzene rings is 5. The number of nitrogens with zero attached hydrogens (tertiary/aromatic N) is 4. The molecule has 2 fully saturated rings. The molecule has 1 N–H and O–H groups in total. The van der Waals surface area contributed by atoms with Crippen molar-refractivity contribution in [1.29, 1.82) is 0 Å². The van der Waals surface area contributed by atoms with E-state index in [0.29, 0.717) is 19.1 Å². The third kappa shape index (κ3) is 6.38. The molecule has 57 heavy (non-hydrogen) atoms. The highest BCUT2D eigenvalue weighted by molar-refractivity contribution is 6.14. The second-order valence-corrected chi connectivity index (χ2v) is 16.1. The van der Waals surface area contributed by atoms with Crippen molar-refractivity contribution in [1.82, 2.24) is 15.0 Å². The number of hydrogen-bond acceptors (Lipinski definition) is 4. The molecule has 3 aliphatic rings. The van der Waals surface area contributed by atoms with Crippen LogP contribution in [0.15, 0.2) is 151 Å². The maximum absolute atomic E-state index is 15.2. The van der Waals surface area contributed by atoms with Crippen LogP contribution in [0.3, 0.4) is 0 Å². The molecule has 0 bridgehead atoms. The van der Waals surface area contributed by atoms with Crippen molar-refractivity contribution < 1.29 is 9.53 Å². The highest BCUT2D eigenvalue weighted by Crippen LogP contribution is 2.56. The molecule has 1 aromatic heterocycles. The zero-order valence-corrected chi connectivity index (χ0v) is 33.0. The number of aromatic amines is 1. The monoisotopic (exact) mass is 753 g/mol. The number of imidazole rings is 1. The van der Waals surface area contributed by atoms with E-state index in [1.54, 1.807) is 0 Å². The molecule has 1 aliphatic carbocycles. The number of hydrazone groups is 1. The van der Waals surface area contributed by atoms with Crippen molar-refractivity contribution in [3.63, 3.8) is 0 Å². The number of hydrogen-bond donors (Lipinski definition) is 1. The molecular formula is C50H51N5O2. The maximum atomic E-state index is 15.2. The van der Waals surface area contributed by atoms with Crippen molar-refractivity contribution in [3.8, 4) is 0 Å². The van der Waals surface area contributed by atoms with E-state index in [0.717, 1.165) is 82.0 Å². The number of anilines is 2. The van der Waals surface area contributed by atoms with Crippen LogP contribution in [0, 0.1) is 12.8 Å². The van der Waals surface area contributed by atoms with E-state index in [-0.39, 0.29) is 12.1 Å². The molecule has 2 amide bonds. The van der Waals surface area contributed by atoms with Crippen LogP contribution in [-0.4, -0.2) is 46.0 Å². The summed E-state index contributed by atoms with van der Waals surface area (Å²) in [6.45, 7) is 5.66. The van der Waals surface area contributed by atoms with Gasteiger partial charge in [0.25, 0.3) is 0 Å². The minimum absolute atomic E-state index is 0.0347. The number of H-pyrrole nitrogens is 1. The third-order valence-electron chi connectivity index (χ3n) is 12.8. The molecule has 6 aromatic rings. The lowest BCUT2D eigenvalue weighted by molar-refractivity contribution is 0.0480. The fraction of sp³-hybridized carbons (Fsp3) is 0.300. The number of urea groups is 1. The molecule has 0 radical (unpaired) electrons. The standard InChI is InChI=1S/C50H51N5O2/c1-36-23-28-44-45(35-36)54(48(56)55(43-29-33-57-34-30-43)53-46(44)37-15-7-3-8-16-37)42-26-24-38(25-27-42)49(2,47-51-31-32-52-47)50(39-17-9-4-10-18-39,40-19-11-5-12-20-40)41-21-13-6-14-22-41/h4-6,9-14,17-28,31-32,35,37,43H,3,7-8,15-16,29-30,33-34H2,1-2H3,(H,51,52). The van der Waals surface area contributed by atoms with Gasteiger partial charge in [-0.3, -0.25) is 4.90 Å². The Hall–Kier alpha value is -5.79. The first kappa shape index (κ1) is 36.8. The number of ether oxygens (including phenoxy) is 1. The van der Waals surface area contributed by atoms with Gasteiger partial charge in [0.05, 0.1) is 34.0 Å². The van der Waals surface area contributed by atoms with Crippen molar-refractivity contribution >= 4 is 23.1 Å². The topological polar surface area (TPSA) is 73.8 Å². The van der Waals surface area contributed by atoms with E-state index in [2.05, 4.69) is 152 Å². The molecule has 1 unspecified atom stereocenters. The summed E-state index contributed by atoms with van der Waals surface area (Å²) in [4.78, 5) is 25.8. The number of nitrogens with one attached hydrogen (secondary N) is 1. The van der Waals surface area contributed by atoms with Gasteiger partial charge in [-0.25, -0.2) is 14.8 Å². The Morgan fingerprint density at radius 2 is 1.30 bits per heavy atom. The predicted octanol–water partition coefficient (Wildman–Crippen LogP) is 11.1. The predicted molar refractivity (Wildman–Crippen MR) is 228 cm³/mol. The summed E-state index contributed by atoms with van der Waals surface area (Å²) in [6, 6.07) is 47.4. The smallest absolute Gasteiger partial charge is 0.349 e. The van der Waals surface area contributed by atoms with Crippen LogP contribution in [0.1, 0.15) is 91.1 Å². The van der Waals surface area contributed by atoms with Gasteiger partial charge in [0.2, 0.25) is 0 Å². The Balaban J connectivity index is 1.24. The second kappa shape index (κ2) is 15.6. The number of rotatable bonds is 9. The lowest BCUT2D eigenvalue weighted by atomic mass is 9.51. The van der Waals surface area contributed by atoms with Crippen LogP contribution in [-0.2, 0) is 15.6 Å². The summed E-state index contributed by atoms with van der Waals surface area (Å²) in [7, 11) is 0. The number of aromatic nitrogens is 2. The van der Waals surface area contributed by atoms with Gasteiger partial charge >= 0.3 is 6.03 Å². The van der Waals surface area contributed by atoms with E-state index in [4.69, 9.17) is 14.8 Å². The molecule has 1 saturated carbocycles. The van der Waals surface area contributed by atoms with E-state index < -0.39 is 10.8 Å². The zero-order valence-electron chi connectivity index (χ0n) is 33.0. The van der Waals surface area contributed by atoms with Gasteiger partial charge in [-0.2, -0.15) is 5.10 Å². The van der Waals surface area contributed by atoms with E-state index in [1.165, 1.54) is 19.3 Å². The fourth-order valence-electron chi connectivity index (χ4n) is 10.00. The molecule has 0 spiro atoms. The summed E-state index contributed by atoms with van der Waals surface area (Å²) in [5, 5.41) is 7.18. The molecule has 5 aromatic carbocycles. The Kier molecular flexibility index (Phi) is 10.1. The van der Waals surface area contributed by atoms with Crippen molar-refractivity contribution in [2.75, 3.05) is 18.1 Å². The van der Waals surface area contributed by atoms with Gasteiger partial charge < -0.3 is 9.72 Å². The highest BCUT2D eigenvalue weighted by atomic mass is 16.5. The lowest BCUT2D eigenvalue weighted by Crippen LogP contribution is -2.50. The largest absolute Gasteiger partial charge is 0.381 e. The molecule has 7 nitrogen and oxygen atoms in total. The summed E-state index contributed by atoms with van der Waals surface area (Å²) in [5.74, 6) is 1.16. The average molecular weight is 754 g/mol. The minimum atomic E-state index is -0.762. The van der Waals surface area contributed by atoms with Crippen LogP contribution in [0.4, 0.5) is 16.2 Å². The maximum Gasteiger partial charge on any atom is 0.349 e. The second-order valence-electron chi connectivity index (χ2n) is 16.1. The van der Waals surface area contributed by atoms with Crippen LogP contribution in [0.2, 0.25) is 0 Å². The molecule has 288 valence electrons. The summed E-state index contributed by atoms with van der Waals surface area (Å²) >= 11 is 0. The highest BCUT2D eigenvalue weighted by Gasteiger charge is 2.55. The molecule has 2 aliphatic heterocycles. The number of amides is 2. The van der Waals surface area contributed by atoms with Crippen molar-refractivity contribution in [3.05, 3.63) is 185 Å². The molecular weight excluding hydrogens is 703 g/mol. The average Bonchev–Trinajstić information content (AvgIpc) is 3.79. The summed E-state index contributed by atoms with van der Waals surface area (Å²) in [5.41, 5.74) is 7.93. The fourth-order valence-corrected chi connectivity index (χ4v) is 10.00. The Morgan fingerprint density at radius 1 is 0.702 bits per heavy atom. The molecule has 1 atom stereocenters. The molecule has 7 heteroatoms. The van der Waals surface area contributed by atoms with Crippen LogP contribution in [0.5, 0.6) is 0 Å². The van der Waals surface area contributed by atoms with Gasteiger partial charge in [0.15, 0.2) is 0 Å². The number of carbonyl (C=O) groups is 1. The van der Waals surface area contributed by atoms with Gasteiger partial charge in [-0.05, 0) is 85.5 Å². The van der Waals surface area contributed by atoms with Gasteiger partial charge in [-0.1, -0.05) is 135 Å². The Bertz CT molecular complexity index is 2220. The molecule has 9 rings (SSSR count). The van der Waals surface area contributed by atoms with Crippen molar-refractivity contribution in [2.24, 2.45) is 11.0 Å². The lowest BCUT2D eigenvalue weighted by Gasteiger charge is -2.50. The van der Waals surface area contributed by atoms with Crippen LogP contribution >= 0.6 is 0 Å². The normalized spacial score (nSPS) is 18.1. The van der Waals surface area contributed by atoms with Gasteiger partial charge in [-0.15, -0.1) is 0 Å². The van der Waals surface area contributed by atoms with E-state index >= 15 is 4.79 Å². The number of aryl methyl sites for hydroxylation is 1. The quantitative estimate of drug-likeness (QED) is 0.149. The third-order valence-corrected chi connectivity index (χ3v) is 12.8. The Labute approximate surface area is 336 Å². The van der Waals surface area contributed by atoms with E-state index in [1.807, 2.05) is 22.3 Å². The molecule has 3 heterocycles. The Morgan fingerprint density at radius 3 is 1.86 bits per heavy atom. The van der Waals surface area contributed by atoms with Crippen LogP contribution < -0.4 is 4.90 Å². The first-order valence-electron chi connectivity index (χ1n) is 20.7. The number of fused-ring (bicyclic) bond motifs is 1. The van der Waals surface area contributed by atoms with Crippen molar-refractivity contribution in [2.45, 2.75) is 75.7 Å². The first-order valence-corrected chi connectivity index (χ1v) is 20.7. The zero-order chi connectivity index (χ0) is 38.8. The van der Waals surface area contributed by atoms with Gasteiger partial charge in [0, 0.05) is 37.1 Å².